The summed E-state index contributed by atoms with van der Waals surface area (Å²) in [6.07, 6.45) is 6.74. The molecule has 1 amide bonds. The lowest BCUT2D eigenvalue weighted by atomic mass is 9.95. The first-order valence-electron chi connectivity index (χ1n) is 11.1. The molecule has 1 N–H and O–H groups in total. The van der Waals surface area contributed by atoms with E-state index >= 15 is 0 Å². The number of non-ortho nitro benzene ring substituents is 1. The topological polar surface area (TPSA) is 127 Å². The normalized spacial score (nSPS) is 13.0. The van der Waals surface area contributed by atoms with Gasteiger partial charge in [-0.05, 0) is 68.5 Å². The molecule has 178 valence electrons. The minimum absolute atomic E-state index is 0.0360. The molecule has 35 heavy (non-hydrogen) atoms. The number of benzene rings is 1. The van der Waals surface area contributed by atoms with Crippen molar-refractivity contribution in [2.45, 2.75) is 32.6 Å². The Balaban J connectivity index is 1.63. The van der Waals surface area contributed by atoms with Crippen molar-refractivity contribution in [3.05, 3.63) is 80.0 Å². The number of aromatic nitrogens is 1. The van der Waals surface area contributed by atoms with Crippen LogP contribution in [0.4, 0.5) is 10.7 Å². The number of anilines is 1. The molecule has 0 saturated heterocycles. The standard InChI is InChI=1S/C25H22N4O5S/c1-2-34-25(31)22-20-7-3-4-8-21(20)35-24(22)27-23(30)16(15-26)14-19-6-5-13-28(19)17-9-11-18(12-10-17)29(32)33/h5-6,9-14H,2-4,7-8H2,1H3,(H,27,30)/b16-14+. The Hall–Kier alpha value is -4.23. The van der Waals surface area contributed by atoms with Crippen molar-refractivity contribution >= 4 is 40.0 Å². The predicted octanol–water partition coefficient (Wildman–Crippen LogP) is 5.05. The van der Waals surface area contributed by atoms with E-state index < -0.39 is 16.8 Å². The predicted molar refractivity (Wildman–Crippen MR) is 132 cm³/mol. The molecular formula is C25H22N4O5S. The Morgan fingerprint density at radius 1 is 1.26 bits per heavy atom. The zero-order valence-electron chi connectivity index (χ0n) is 18.9. The smallest absolute Gasteiger partial charge is 0.341 e. The molecule has 0 aliphatic heterocycles. The highest BCUT2D eigenvalue weighted by Crippen LogP contribution is 2.38. The van der Waals surface area contributed by atoms with Crippen LogP contribution in [0.25, 0.3) is 11.8 Å². The third-order valence-electron chi connectivity index (χ3n) is 5.65. The van der Waals surface area contributed by atoms with Crippen LogP contribution in [-0.2, 0) is 22.4 Å². The minimum atomic E-state index is -0.631. The van der Waals surface area contributed by atoms with E-state index in [1.807, 2.05) is 6.07 Å². The molecular weight excluding hydrogens is 468 g/mol. The van der Waals surface area contributed by atoms with Gasteiger partial charge in [0.15, 0.2) is 0 Å². The van der Waals surface area contributed by atoms with Gasteiger partial charge in [0.05, 0.1) is 17.1 Å². The number of ether oxygens (including phenoxy) is 1. The second kappa shape index (κ2) is 10.4. The van der Waals surface area contributed by atoms with Gasteiger partial charge in [-0.2, -0.15) is 5.26 Å². The summed E-state index contributed by atoms with van der Waals surface area (Å²) in [4.78, 5) is 37.2. The number of nitrogens with one attached hydrogen (secondary N) is 1. The second-order valence-corrected chi connectivity index (χ2v) is 8.94. The van der Waals surface area contributed by atoms with Crippen LogP contribution in [0.5, 0.6) is 0 Å². The highest BCUT2D eigenvalue weighted by molar-refractivity contribution is 7.17. The van der Waals surface area contributed by atoms with E-state index in [-0.39, 0.29) is 17.9 Å². The molecule has 9 nitrogen and oxygen atoms in total. The highest BCUT2D eigenvalue weighted by Gasteiger charge is 2.28. The third kappa shape index (κ3) is 5.00. The molecule has 0 saturated carbocycles. The number of fused-ring (bicyclic) bond motifs is 1. The number of esters is 1. The zero-order valence-corrected chi connectivity index (χ0v) is 19.8. The molecule has 1 aliphatic rings. The maximum Gasteiger partial charge on any atom is 0.341 e. The van der Waals surface area contributed by atoms with Gasteiger partial charge < -0.3 is 14.6 Å². The zero-order chi connectivity index (χ0) is 24.9. The Morgan fingerprint density at radius 2 is 2.00 bits per heavy atom. The fraction of sp³-hybridized carbons (Fsp3) is 0.240. The number of aryl methyl sites for hydroxylation is 1. The minimum Gasteiger partial charge on any atom is -0.462 e. The lowest BCUT2D eigenvalue weighted by Crippen LogP contribution is -2.17. The van der Waals surface area contributed by atoms with Gasteiger partial charge >= 0.3 is 5.97 Å². The summed E-state index contributed by atoms with van der Waals surface area (Å²) in [6, 6.07) is 11.3. The van der Waals surface area contributed by atoms with Gasteiger partial charge in [0.1, 0.15) is 16.6 Å². The molecule has 1 aromatic carbocycles. The molecule has 0 unspecified atom stereocenters. The average molecular weight is 491 g/mol. The molecule has 2 heterocycles. The van der Waals surface area contributed by atoms with E-state index in [0.29, 0.717) is 21.9 Å². The summed E-state index contributed by atoms with van der Waals surface area (Å²) >= 11 is 1.35. The number of carbonyl (C=O) groups excluding carboxylic acids is 2. The number of nitro groups is 1. The number of hydrogen-bond donors (Lipinski definition) is 1. The van der Waals surface area contributed by atoms with Crippen molar-refractivity contribution in [1.29, 1.82) is 5.26 Å². The number of nitriles is 1. The summed E-state index contributed by atoms with van der Waals surface area (Å²) in [7, 11) is 0. The fourth-order valence-electron chi connectivity index (χ4n) is 4.02. The van der Waals surface area contributed by atoms with Crippen LogP contribution in [0.2, 0.25) is 0 Å². The van der Waals surface area contributed by atoms with Gasteiger partial charge in [0, 0.05) is 34.6 Å². The van der Waals surface area contributed by atoms with E-state index in [0.717, 1.165) is 36.1 Å². The molecule has 0 fully saturated rings. The largest absolute Gasteiger partial charge is 0.462 e. The van der Waals surface area contributed by atoms with Gasteiger partial charge in [0.2, 0.25) is 0 Å². The van der Waals surface area contributed by atoms with Crippen LogP contribution in [0.15, 0.2) is 48.2 Å². The molecule has 0 bridgehead atoms. The molecule has 0 atom stereocenters. The number of nitrogens with zero attached hydrogens (tertiary/aromatic N) is 3. The lowest BCUT2D eigenvalue weighted by molar-refractivity contribution is -0.384. The monoisotopic (exact) mass is 490 g/mol. The van der Waals surface area contributed by atoms with E-state index in [9.17, 15) is 25.0 Å². The number of carbonyl (C=O) groups is 2. The Bertz CT molecular complexity index is 1360. The van der Waals surface area contributed by atoms with E-state index in [2.05, 4.69) is 5.32 Å². The number of thiophene rings is 1. The summed E-state index contributed by atoms with van der Waals surface area (Å²) in [6.45, 7) is 1.95. The lowest BCUT2D eigenvalue weighted by Gasteiger charge is -2.12. The van der Waals surface area contributed by atoms with Gasteiger partial charge in [-0.3, -0.25) is 14.9 Å². The molecule has 0 spiro atoms. The van der Waals surface area contributed by atoms with E-state index in [4.69, 9.17) is 4.74 Å². The van der Waals surface area contributed by atoms with Crippen LogP contribution in [0.1, 0.15) is 46.3 Å². The van der Waals surface area contributed by atoms with Gasteiger partial charge in [-0.25, -0.2) is 4.79 Å². The summed E-state index contributed by atoms with van der Waals surface area (Å²) in [5.74, 6) is -1.11. The fourth-order valence-corrected chi connectivity index (χ4v) is 5.29. The number of hydrogen-bond acceptors (Lipinski definition) is 7. The maximum absolute atomic E-state index is 13.1. The van der Waals surface area contributed by atoms with Crippen molar-refractivity contribution in [2.75, 3.05) is 11.9 Å². The first kappa shape index (κ1) is 23.9. The van der Waals surface area contributed by atoms with Crippen LogP contribution in [0, 0.1) is 21.4 Å². The average Bonchev–Trinajstić information content (AvgIpc) is 3.46. The number of amides is 1. The second-order valence-electron chi connectivity index (χ2n) is 7.84. The van der Waals surface area contributed by atoms with Crippen molar-refractivity contribution in [1.82, 2.24) is 4.57 Å². The molecule has 10 heteroatoms. The Kier molecular flexibility index (Phi) is 7.08. The van der Waals surface area contributed by atoms with Crippen molar-refractivity contribution < 1.29 is 19.2 Å². The van der Waals surface area contributed by atoms with Crippen molar-refractivity contribution in [3.63, 3.8) is 0 Å². The van der Waals surface area contributed by atoms with Crippen LogP contribution in [0.3, 0.4) is 0 Å². The van der Waals surface area contributed by atoms with Gasteiger partial charge in [0.25, 0.3) is 11.6 Å². The van der Waals surface area contributed by atoms with Crippen LogP contribution in [-0.4, -0.2) is 28.0 Å². The first-order chi connectivity index (χ1) is 16.9. The van der Waals surface area contributed by atoms with E-state index in [1.165, 1.54) is 29.5 Å². The molecule has 3 aromatic rings. The van der Waals surface area contributed by atoms with Crippen LogP contribution < -0.4 is 5.32 Å². The number of nitro benzene ring substituents is 1. The first-order valence-corrected chi connectivity index (χ1v) is 11.9. The van der Waals surface area contributed by atoms with Gasteiger partial charge in [-0.1, -0.05) is 0 Å². The Morgan fingerprint density at radius 3 is 2.69 bits per heavy atom. The molecule has 2 aromatic heterocycles. The molecule has 4 rings (SSSR count). The van der Waals surface area contributed by atoms with Crippen molar-refractivity contribution in [2.24, 2.45) is 0 Å². The molecule has 0 radical (unpaired) electrons. The number of rotatable bonds is 7. The van der Waals surface area contributed by atoms with Crippen LogP contribution >= 0.6 is 11.3 Å². The van der Waals surface area contributed by atoms with Gasteiger partial charge in [-0.15, -0.1) is 11.3 Å². The quantitative estimate of drug-likeness (QED) is 0.162. The maximum atomic E-state index is 13.1. The third-order valence-corrected chi connectivity index (χ3v) is 6.86. The Labute approximate surface area is 205 Å². The summed E-state index contributed by atoms with van der Waals surface area (Å²) in [5, 5.41) is 23.8. The van der Waals surface area contributed by atoms with Crippen molar-refractivity contribution in [3.8, 4) is 11.8 Å². The highest BCUT2D eigenvalue weighted by atomic mass is 32.1. The van der Waals surface area contributed by atoms with E-state index in [1.54, 1.807) is 42.0 Å². The SMILES string of the molecule is CCOC(=O)c1c(NC(=O)/C(C#N)=C/c2cccn2-c2ccc([N+](=O)[O-])cc2)sc2c1CCCC2. The summed E-state index contributed by atoms with van der Waals surface area (Å²) in [5.41, 5.74) is 2.30. The molecule has 1 aliphatic carbocycles. The summed E-state index contributed by atoms with van der Waals surface area (Å²) < 4.78 is 6.94.